The number of nitrogens with zero attached hydrogens (tertiary/aromatic N) is 1. The van der Waals surface area contributed by atoms with Gasteiger partial charge < -0.3 is 25.2 Å². The number of nitriles is 1. The van der Waals surface area contributed by atoms with Gasteiger partial charge in [-0.1, -0.05) is 12.1 Å². The van der Waals surface area contributed by atoms with Crippen molar-refractivity contribution < 1.29 is 24.2 Å². The van der Waals surface area contributed by atoms with Crippen LogP contribution in [0.2, 0.25) is 0 Å². The molecule has 8 heteroatoms. The summed E-state index contributed by atoms with van der Waals surface area (Å²) in [6.07, 6.45) is 1.36. The Labute approximate surface area is 197 Å². The summed E-state index contributed by atoms with van der Waals surface area (Å²) in [5.74, 6) is -0.191. The molecule has 3 aromatic carbocycles. The molecule has 0 saturated carbocycles. The van der Waals surface area contributed by atoms with Crippen LogP contribution in [0.5, 0.6) is 17.2 Å². The molecule has 0 atom stereocenters. The van der Waals surface area contributed by atoms with E-state index in [1.54, 1.807) is 24.3 Å². The van der Waals surface area contributed by atoms with Crippen LogP contribution in [0, 0.1) is 18.3 Å². The largest absolute Gasteiger partial charge is 0.508 e. The molecule has 0 radical (unpaired) electrons. The highest BCUT2D eigenvalue weighted by atomic mass is 16.5. The topological polar surface area (TPSA) is 121 Å². The fourth-order valence-corrected chi connectivity index (χ4v) is 3.00. The number of hydrogen-bond acceptors (Lipinski definition) is 6. The molecular weight excluding hydrogens is 434 g/mol. The average molecular weight is 457 g/mol. The Morgan fingerprint density at radius 2 is 1.79 bits per heavy atom. The number of methoxy groups -OCH3 is 1. The van der Waals surface area contributed by atoms with Crippen molar-refractivity contribution >= 4 is 29.3 Å². The van der Waals surface area contributed by atoms with Crippen LogP contribution in [0.25, 0.3) is 6.08 Å². The van der Waals surface area contributed by atoms with E-state index in [1.165, 1.54) is 37.5 Å². The van der Waals surface area contributed by atoms with E-state index in [0.29, 0.717) is 22.7 Å². The third kappa shape index (κ3) is 6.61. The van der Waals surface area contributed by atoms with Gasteiger partial charge in [-0.15, -0.1) is 0 Å². The lowest BCUT2D eigenvalue weighted by Gasteiger charge is -2.12. The van der Waals surface area contributed by atoms with Gasteiger partial charge in [0.25, 0.3) is 11.8 Å². The maximum atomic E-state index is 12.6. The molecular formula is C26H23N3O5. The average Bonchev–Trinajstić information content (AvgIpc) is 2.83. The van der Waals surface area contributed by atoms with Gasteiger partial charge in [-0.3, -0.25) is 9.59 Å². The summed E-state index contributed by atoms with van der Waals surface area (Å²) in [6.45, 7) is 1.63. The summed E-state index contributed by atoms with van der Waals surface area (Å²) in [6, 6.07) is 19.9. The molecule has 3 rings (SSSR count). The molecule has 0 aliphatic rings. The minimum Gasteiger partial charge on any atom is -0.508 e. The highest BCUT2D eigenvalue weighted by Crippen LogP contribution is 2.27. The zero-order chi connectivity index (χ0) is 24.5. The molecule has 3 N–H and O–H groups in total. The molecule has 34 heavy (non-hydrogen) atoms. The summed E-state index contributed by atoms with van der Waals surface area (Å²) in [5, 5.41) is 24.2. The second-order valence-electron chi connectivity index (χ2n) is 7.28. The maximum Gasteiger partial charge on any atom is 0.266 e. The number of amides is 2. The first-order valence-electron chi connectivity index (χ1n) is 10.3. The molecule has 8 nitrogen and oxygen atoms in total. The van der Waals surface area contributed by atoms with E-state index in [9.17, 15) is 20.0 Å². The summed E-state index contributed by atoms with van der Waals surface area (Å²) in [5.41, 5.74) is 2.32. The normalized spacial score (nSPS) is 10.7. The van der Waals surface area contributed by atoms with Crippen molar-refractivity contribution in [3.05, 3.63) is 83.4 Å². The van der Waals surface area contributed by atoms with Crippen molar-refractivity contribution in [2.75, 3.05) is 24.4 Å². The Kier molecular flexibility index (Phi) is 7.87. The van der Waals surface area contributed by atoms with Crippen LogP contribution in [0.1, 0.15) is 11.1 Å². The maximum absolute atomic E-state index is 12.6. The first-order valence-corrected chi connectivity index (χ1v) is 10.3. The van der Waals surface area contributed by atoms with Gasteiger partial charge >= 0.3 is 0 Å². The molecule has 0 heterocycles. The highest BCUT2D eigenvalue weighted by Gasteiger charge is 2.13. The van der Waals surface area contributed by atoms with Crippen LogP contribution >= 0.6 is 0 Å². The number of ether oxygens (including phenoxy) is 2. The van der Waals surface area contributed by atoms with Crippen LogP contribution in [0.3, 0.4) is 0 Å². The number of nitrogens with one attached hydrogen (secondary N) is 2. The quantitative estimate of drug-likeness (QED) is 0.264. The smallest absolute Gasteiger partial charge is 0.266 e. The first kappa shape index (κ1) is 23.9. The van der Waals surface area contributed by atoms with E-state index in [0.717, 1.165) is 5.56 Å². The van der Waals surface area contributed by atoms with Crippen LogP contribution in [0.4, 0.5) is 11.4 Å². The number of anilines is 2. The second-order valence-corrected chi connectivity index (χ2v) is 7.28. The third-order valence-electron chi connectivity index (χ3n) is 4.67. The number of hydrogen-bond donors (Lipinski definition) is 3. The number of aromatic hydroxyl groups is 1. The number of rotatable bonds is 8. The molecule has 0 bridgehead atoms. The van der Waals surface area contributed by atoms with Gasteiger partial charge in [0.05, 0.1) is 7.11 Å². The molecule has 3 aromatic rings. The van der Waals surface area contributed by atoms with E-state index >= 15 is 0 Å². The fraction of sp³-hybridized carbons (Fsp3) is 0.115. The van der Waals surface area contributed by atoms with Crippen LogP contribution in [-0.4, -0.2) is 30.6 Å². The minimum absolute atomic E-state index is 0.0560. The third-order valence-corrected chi connectivity index (χ3v) is 4.67. The first-order chi connectivity index (χ1) is 16.4. The van der Waals surface area contributed by atoms with Gasteiger partial charge in [0.15, 0.2) is 6.61 Å². The van der Waals surface area contributed by atoms with Crippen molar-refractivity contribution in [3.63, 3.8) is 0 Å². The lowest BCUT2D eigenvalue weighted by molar-refractivity contribution is -0.118. The number of carbonyl (C=O) groups is 2. The number of aryl methyl sites for hydroxylation is 1. The van der Waals surface area contributed by atoms with Crippen LogP contribution in [-0.2, 0) is 9.59 Å². The molecule has 0 spiro atoms. The lowest BCUT2D eigenvalue weighted by atomic mass is 10.1. The monoisotopic (exact) mass is 457 g/mol. The van der Waals surface area contributed by atoms with Crippen LogP contribution < -0.4 is 20.1 Å². The Morgan fingerprint density at radius 1 is 1.03 bits per heavy atom. The molecule has 0 saturated heterocycles. The standard InChI is InChI=1S/C26H23N3O5/c1-17-4-3-5-21(12-17)28-25(31)16-34-24-14-23(33-2)11-6-18(24)13-19(15-27)26(32)29-20-7-9-22(30)10-8-20/h3-14,30H,16H2,1-2H3,(H,28,31)(H,29,32)/b19-13+. The van der Waals surface area contributed by atoms with Gasteiger partial charge in [-0.2, -0.15) is 5.26 Å². The van der Waals surface area contributed by atoms with Crippen molar-refractivity contribution in [1.29, 1.82) is 5.26 Å². The van der Waals surface area contributed by atoms with Gasteiger partial charge in [0.2, 0.25) is 0 Å². The van der Waals surface area contributed by atoms with Gasteiger partial charge in [0.1, 0.15) is 28.9 Å². The van der Waals surface area contributed by atoms with E-state index in [-0.39, 0.29) is 29.6 Å². The Bertz CT molecular complexity index is 1260. The predicted octanol–water partition coefficient (Wildman–Crippen LogP) is 4.27. The molecule has 0 aliphatic carbocycles. The Morgan fingerprint density at radius 3 is 2.47 bits per heavy atom. The molecule has 172 valence electrons. The summed E-state index contributed by atoms with van der Waals surface area (Å²) < 4.78 is 10.9. The van der Waals surface area contributed by atoms with Gasteiger partial charge in [-0.25, -0.2) is 0 Å². The summed E-state index contributed by atoms with van der Waals surface area (Å²) in [7, 11) is 1.49. The molecule has 2 amide bonds. The Balaban J connectivity index is 1.77. The number of phenols is 1. The highest BCUT2D eigenvalue weighted by molar-refractivity contribution is 6.09. The van der Waals surface area contributed by atoms with E-state index in [2.05, 4.69) is 10.6 Å². The number of phenolic OH excluding ortho intramolecular Hbond substituents is 1. The SMILES string of the molecule is COc1ccc(/C=C(\C#N)C(=O)Nc2ccc(O)cc2)c(OCC(=O)Nc2cccc(C)c2)c1. The summed E-state index contributed by atoms with van der Waals surface area (Å²) in [4.78, 5) is 24.9. The summed E-state index contributed by atoms with van der Waals surface area (Å²) >= 11 is 0. The van der Waals surface area contributed by atoms with Crippen molar-refractivity contribution in [2.24, 2.45) is 0 Å². The molecule has 0 unspecified atom stereocenters. The Hall–Kier alpha value is -4.77. The van der Waals surface area contributed by atoms with E-state index in [4.69, 9.17) is 9.47 Å². The molecule has 0 fully saturated rings. The fourth-order valence-electron chi connectivity index (χ4n) is 3.00. The van der Waals surface area contributed by atoms with Gasteiger partial charge in [-0.05, 0) is 67.1 Å². The zero-order valence-corrected chi connectivity index (χ0v) is 18.7. The number of carbonyl (C=O) groups excluding carboxylic acids is 2. The second kappa shape index (κ2) is 11.2. The molecule has 0 aliphatic heterocycles. The lowest BCUT2D eigenvalue weighted by Crippen LogP contribution is -2.20. The van der Waals surface area contributed by atoms with E-state index in [1.807, 2.05) is 31.2 Å². The minimum atomic E-state index is -0.632. The van der Waals surface area contributed by atoms with Crippen molar-refractivity contribution in [3.8, 4) is 23.3 Å². The number of benzene rings is 3. The van der Waals surface area contributed by atoms with Crippen molar-refractivity contribution in [1.82, 2.24) is 0 Å². The van der Waals surface area contributed by atoms with E-state index < -0.39 is 5.91 Å². The predicted molar refractivity (Wildman–Crippen MR) is 129 cm³/mol. The van der Waals surface area contributed by atoms with Crippen LogP contribution in [0.15, 0.2) is 72.3 Å². The zero-order valence-electron chi connectivity index (χ0n) is 18.7. The molecule has 0 aromatic heterocycles. The van der Waals surface area contributed by atoms with Crippen molar-refractivity contribution in [2.45, 2.75) is 6.92 Å². The van der Waals surface area contributed by atoms with Gasteiger partial charge in [0, 0.05) is 23.0 Å².